The number of nitrogens with zero attached hydrogens (tertiary/aromatic N) is 1. The van der Waals surface area contributed by atoms with Crippen LogP contribution in [0.4, 0.5) is 0 Å². The first kappa shape index (κ1) is 14.1. The lowest BCUT2D eigenvalue weighted by atomic mass is 9.91. The SMILES string of the molecule is Cc1c(C#N)c(-c2ccc(Cl)cc2)c2ccccc2c1Br. The molecule has 1 nitrogen and oxygen atoms in total. The van der Waals surface area contributed by atoms with Gasteiger partial charge in [-0.05, 0) is 56.9 Å². The first-order chi connectivity index (χ1) is 10.1. The third kappa shape index (κ3) is 2.33. The molecule has 0 atom stereocenters. The van der Waals surface area contributed by atoms with Crippen LogP contribution in [0.25, 0.3) is 21.9 Å². The Bertz CT molecular complexity index is 876. The summed E-state index contributed by atoms with van der Waals surface area (Å²) in [6.45, 7) is 1.97. The van der Waals surface area contributed by atoms with Gasteiger partial charge in [0.05, 0.1) is 5.56 Å². The molecule has 0 heterocycles. The van der Waals surface area contributed by atoms with Crippen molar-refractivity contribution < 1.29 is 0 Å². The number of hydrogen-bond acceptors (Lipinski definition) is 1. The molecule has 0 aromatic heterocycles. The number of nitriles is 1. The predicted octanol–water partition coefficient (Wildman–Crippen LogP) is 6.10. The first-order valence-corrected chi connectivity index (χ1v) is 7.67. The van der Waals surface area contributed by atoms with E-state index >= 15 is 0 Å². The largest absolute Gasteiger partial charge is 0.192 e. The van der Waals surface area contributed by atoms with E-state index in [0.717, 1.165) is 31.9 Å². The Morgan fingerprint density at radius 2 is 1.62 bits per heavy atom. The van der Waals surface area contributed by atoms with Gasteiger partial charge >= 0.3 is 0 Å². The molecule has 21 heavy (non-hydrogen) atoms. The number of rotatable bonds is 1. The van der Waals surface area contributed by atoms with E-state index in [-0.39, 0.29) is 0 Å². The number of fused-ring (bicyclic) bond motifs is 1. The van der Waals surface area contributed by atoms with Gasteiger partial charge in [-0.1, -0.05) is 48.0 Å². The zero-order valence-corrected chi connectivity index (χ0v) is 13.7. The highest BCUT2D eigenvalue weighted by atomic mass is 79.9. The van der Waals surface area contributed by atoms with Gasteiger partial charge in [0.1, 0.15) is 6.07 Å². The highest BCUT2D eigenvalue weighted by Gasteiger charge is 2.16. The summed E-state index contributed by atoms with van der Waals surface area (Å²) in [6, 6.07) is 18.1. The standard InChI is InChI=1S/C18H11BrClN/c1-11-16(10-21)17(12-6-8-13(20)9-7-12)14-4-2-3-5-15(14)18(11)19/h2-9H,1H3. The Morgan fingerprint density at radius 3 is 2.24 bits per heavy atom. The Kier molecular flexibility index (Phi) is 3.71. The molecule has 3 heteroatoms. The summed E-state index contributed by atoms with van der Waals surface area (Å²) >= 11 is 9.59. The van der Waals surface area contributed by atoms with Crippen molar-refractivity contribution in [3.63, 3.8) is 0 Å². The van der Waals surface area contributed by atoms with E-state index in [1.54, 1.807) is 0 Å². The van der Waals surface area contributed by atoms with Gasteiger partial charge in [-0.15, -0.1) is 0 Å². The fraction of sp³-hybridized carbons (Fsp3) is 0.0556. The van der Waals surface area contributed by atoms with Crippen molar-refractivity contribution in [2.75, 3.05) is 0 Å². The van der Waals surface area contributed by atoms with Crippen LogP contribution in [-0.4, -0.2) is 0 Å². The van der Waals surface area contributed by atoms with Crippen molar-refractivity contribution >= 4 is 38.3 Å². The molecule has 3 aromatic carbocycles. The van der Waals surface area contributed by atoms with E-state index < -0.39 is 0 Å². The highest BCUT2D eigenvalue weighted by molar-refractivity contribution is 9.10. The molecule has 0 radical (unpaired) electrons. The van der Waals surface area contributed by atoms with Gasteiger partial charge in [-0.2, -0.15) is 5.26 Å². The van der Waals surface area contributed by atoms with Crippen molar-refractivity contribution in [1.82, 2.24) is 0 Å². The monoisotopic (exact) mass is 355 g/mol. The molecule has 0 amide bonds. The van der Waals surface area contributed by atoms with E-state index in [0.29, 0.717) is 10.6 Å². The lowest BCUT2D eigenvalue weighted by Crippen LogP contribution is -1.93. The minimum absolute atomic E-state index is 0.690. The second kappa shape index (κ2) is 5.52. The van der Waals surface area contributed by atoms with Gasteiger partial charge in [0.25, 0.3) is 0 Å². The fourth-order valence-corrected chi connectivity index (χ4v) is 3.25. The Labute approximate surface area is 136 Å². The van der Waals surface area contributed by atoms with E-state index in [9.17, 15) is 5.26 Å². The third-order valence-corrected chi connectivity index (χ3v) is 4.91. The van der Waals surface area contributed by atoms with Crippen LogP contribution in [0.15, 0.2) is 53.0 Å². The molecule has 0 saturated carbocycles. The highest BCUT2D eigenvalue weighted by Crippen LogP contribution is 2.39. The molecule has 0 fully saturated rings. The number of halogens is 2. The predicted molar refractivity (Wildman–Crippen MR) is 91.5 cm³/mol. The molecule has 0 spiro atoms. The van der Waals surface area contributed by atoms with Crippen molar-refractivity contribution in [3.8, 4) is 17.2 Å². The van der Waals surface area contributed by atoms with Crippen LogP contribution in [0, 0.1) is 18.3 Å². The fourth-order valence-electron chi connectivity index (χ4n) is 2.58. The normalized spacial score (nSPS) is 10.6. The lowest BCUT2D eigenvalue weighted by Gasteiger charge is -2.14. The van der Waals surface area contributed by atoms with Crippen molar-refractivity contribution in [3.05, 3.63) is 69.2 Å². The third-order valence-electron chi connectivity index (χ3n) is 3.63. The molecule has 0 saturated heterocycles. The maximum absolute atomic E-state index is 9.60. The summed E-state index contributed by atoms with van der Waals surface area (Å²) < 4.78 is 0.979. The lowest BCUT2D eigenvalue weighted by molar-refractivity contribution is 1.39. The average Bonchev–Trinajstić information content (AvgIpc) is 2.52. The molecule has 0 aliphatic carbocycles. The smallest absolute Gasteiger partial charge is 0.100 e. The zero-order valence-electron chi connectivity index (χ0n) is 11.3. The molecule has 0 aliphatic heterocycles. The average molecular weight is 357 g/mol. The van der Waals surface area contributed by atoms with Gasteiger partial charge in [-0.3, -0.25) is 0 Å². The van der Waals surface area contributed by atoms with Crippen LogP contribution in [0.3, 0.4) is 0 Å². The van der Waals surface area contributed by atoms with Crippen molar-refractivity contribution in [1.29, 1.82) is 5.26 Å². The maximum atomic E-state index is 9.60. The summed E-state index contributed by atoms with van der Waals surface area (Å²) in [5, 5.41) is 12.5. The molecule has 3 aromatic rings. The molecular weight excluding hydrogens is 346 g/mol. The summed E-state index contributed by atoms with van der Waals surface area (Å²) in [4.78, 5) is 0. The van der Waals surface area contributed by atoms with Crippen LogP contribution >= 0.6 is 27.5 Å². The van der Waals surface area contributed by atoms with E-state index in [2.05, 4.69) is 28.1 Å². The Hall–Kier alpha value is -1.82. The maximum Gasteiger partial charge on any atom is 0.100 e. The molecule has 0 aliphatic rings. The van der Waals surface area contributed by atoms with Crippen molar-refractivity contribution in [2.45, 2.75) is 6.92 Å². The molecule has 0 bridgehead atoms. The van der Waals surface area contributed by atoms with Gasteiger partial charge in [-0.25, -0.2) is 0 Å². The summed E-state index contributed by atoms with van der Waals surface area (Å²) in [6.07, 6.45) is 0. The zero-order chi connectivity index (χ0) is 15.0. The number of hydrogen-bond donors (Lipinski definition) is 0. The summed E-state index contributed by atoms with van der Waals surface area (Å²) in [5.74, 6) is 0. The number of benzene rings is 3. The summed E-state index contributed by atoms with van der Waals surface area (Å²) in [7, 11) is 0. The van der Waals surface area contributed by atoms with E-state index in [4.69, 9.17) is 11.6 Å². The van der Waals surface area contributed by atoms with Gasteiger partial charge < -0.3 is 0 Å². The quantitative estimate of drug-likeness (QED) is 0.516. The molecule has 0 unspecified atom stereocenters. The van der Waals surface area contributed by atoms with E-state index in [1.165, 1.54) is 0 Å². The minimum Gasteiger partial charge on any atom is -0.192 e. The molecule has 102 valence electrons. The Balaban J connectivity index is 2.48. The van der Waals surface area contributed by atoms with Gasteiger partial charge in [0.15, 0.2) is 0 Å². The minimum atomic E-state index is 0.690. The van der Waals surface area contributed by atoms with E-state index in [1.807, 2.05) is 49.4 Å². The summed E-state index contributed by atoms with van der Waals surface area (Å²) in [5.41, 5.74) is 3.62. The van der Waals surface area contributed by atoms with Crippen LogP contribution in [-0.2, 0) is 0 Å². The molecular formula is C18H11BrClN. The second-order valence-corrected chi connectivity index (χ2v) is 6.08. The second-order valence-electron chi connectivity index (χ2n) is 4.85. The van der Waals surface area contributed by atoms with Gasteiger partial charge in [0.2, 0.25) is 0 Å². The first-order valence-electron chi connectivity index (χ1n) is 6.50. The van der Waals surface area contributed by atoms with Crippen molar-refractivity contribution in [2.24, 2.45) is 0 Å². The van der Waals surface area contributed by atoms with Crippen LogP contribution in [0.1, 0.15) is 11.1 Å². The van der Waals surface area contributed by atoms with Gasteiger partial charge in [0, 0.05) is 15.1 Å². The van der Waals surface area contributed by atoms with Crippen LogP contribution < -0.4 is 0 Å². The molecule has 0 N–H and O–H groups in total. The van der Waals surface area contributed by atoms with Crippen LogP contribution in [0.5, 0.6) is 0 Å². The molecule has 3 rings (SSSR count). The Morgan fingerprint density at radius 1 is 1.00 bits per heavy atom. The topological polar surface area (TPSA) is 23.8 Å². The van der Waals surface area contributed by atoms with Crippen LogP contribution in [0.2, 0.25) is 5.02 Å².